The van der Waals surface area contributed by atoms with Crippen molar-refractivity contribution in [2.24, 2.45) is 5.73 Å². The topological polar surface area (TPSA) is 70.8 Å². The third kappa shape index (κ3) is 7.23. The third-order valence-electron chi connectivity index (χ3n) is 2.71. The number of benzene rings is 1. The summed E-state index contributed by atoms with van der Waals surface area (Å²) in [5.41, 5.74) is 6.82. The van der Waals surface area contributed by atoms with Crippen molar-refractivity contribution in [2.75, 3.05) is 33.5 Å². The summed E-state index contributed by atoms with van der Waals surface area (Å²) in [5, 5.41) is 0. The first-order valence-electron chi connectivity index (χ1n) is 6.77. The molecule has 5 heteroatoms. The van der Waals surface area contributed by atoms with Crippen molar-refractivity contribution in [3.63, 3.8) is 0 Å². The van der Waals surface area contributed by atoms with E-state index in [9.17, 15) is 4.79 Å². The van der Waals surface area contributed by atoms with E-state index in [1.165, 1.54) is 0 Å². The minimum Gasteiger partial charge on any atom is -0.462 e. The summed E-state index contributed by atoms with van der Waals surface area (Å²) in [6.45, 7) is 1.88. The predicted octanol–water partition coefficient (Wildman–Crippen LogP) is 1.15. The number of esters is 1. The third-order valence-corrected chi connectivity index (χ3v) is 2.71. The molecule has 112 valence electrons. The maximum atomic E-state index is 11.7. The summed E-state index contributed by atoms with van der Waals surface area (Å²) < 4.78 is 15.2. The molecule has 0 bridgehead atoms. The zero-order valence-electron chi connectivity index (χ0n) is 11.9. The van der Waals surface area contributed by atoms with Crippen LogP contribution < -0.4 is 5.73 Å². The molecule has 0 aliphatic carbocycles. The van der Waals surface area contributed by atoms with Gasteiger partial charge in [-0.2, -0.15) is 0 Å². The highest BCUT2D eigenvalue weighted by Crippen LogP contribution is 2.02. The van der Waals surface area contributed by atoms with Crippen LogP contribution in [0.5, 0.6) is 0 Å². The molecule has 0 aromatic heterocycles. The number of hydrogen-bond donors (Lipinski definition) is 1. The first-order valence-corrected chi connectivity index (χ1v) is 6.77. The predicted molar refractivity (Wildman–Crippen MR) is 76.4 cm³/mol. The summed E-state index contributed by atoms with van der Waals surface area (Å²) in [4.78, 5) is 11.7. The Morgan fingerprint density at radius 1 is 1.15 bits per heavy atom. The van der Waals surface area contributed by atoms with Crippen molar-refractivity contribution in [1.82, 2.24) is 0 Å². The fourth-order valence-electron chi connectivity index (χ4n) is 1.67. The van der Waals surface area contributed by atoms with Gasteiger partial charge < -0.3 is 19.9 Å². The molecule has 0 saturated carbocycles. The summed E-state index contributed by atoms with van der Waals surface area (Å²) >= 11 is 0. The van der Waals surface area contributed by atoms with E-state index in [4.69, 9.17) is 19.9 Å². The van der Waals surface area contributed by atoms with Gasteiger partial charge in [0.2, 0.25) is 0 Å². The van der Waals surface area contributed by atoms with E-state index in [1.54, 1.807) is 7.11 Å². The molecule has 0 fully saturated rings. The SMILES string of the molecule is COCCCOCCOC(=O)C(N)Cc1ccccc1. The lowest BCUT2D eigenvalue weighted by Gasteiger charge is -2.11. The van der Waals surface area contributed by atoms with Crippen LogP contribution in [0.1, 0.15) is 12.0 Å². The van der Waals surface area contributed by atoms with Crippen LogP contribution in [0, 0.1) is 0 Å². The monoisotopic (exact) mass is 281 g/mol. The second kappa shape index (κ2) is 10.4. The van der Waals surface area contributed by atoms with Crippen LogP contribution in [0.3, 0.4) is 0 Å². The van der Waals surface area contributed by atoms with Crippen LogP contribution in [-0.4, -0.2) is 45.5 Å². The number of nitrogens with two attached hydrogens (primary N) is 1. The Labute approximate surface area is 120 Å². The van der Waals surface area contributed by atoms with E-state index < -0.39 is 12.0 Å². The fourth-order valence-corrected chi connectivity index (χ4v) is 1.67. The number of rotatable bonds is 10. The molecule has 0 saturated heterocycles. The quantitative estimate of drug-likeness (QED) is 0.514. The molecule has 0 heterocycles. The van der Waals surface area contributed by atoms with Gasteiger partial charge >= 0.3 is 5.97 Å². The van der Waals surface area contributed by atoms with Gasteiger partial charge in [0.15, 0.2) is 0 Å². The Morgan fingerprint density at radius 3 is 2.60 bits per heavy atom. The van der Waals surface area contributed by atoms with Gasteiger partial charge in [0.05, 0.1) is 6.61 Å². The molecule has 0 radical (unpaired) electrons. The maximum Gasteiger partial charge on any atom is 0.323 e. The van der Waals surface area contributed by atoms with Crippen LogP contribution in [0.25, 0.3) is 0 Å². The smallest absolute Gasteiger partial charge is 0.323 e. The Balaban J connectivity index is 2.10. The molecule has 1 aromatic rings. The maximum absolute atomic E-state index is 11.7. The average molecular weight is 281 g/mol. The molecule has 0 aliphatic rings. The minimum absolute atomic E-state index is 0.230. The fraction of sp³-hybridized carbons (Fsp3) is 0.533. The van der Waals surface area contributed by atoms with Gasteiger partial charge in [0.25, 0.3) is 0 Å². The van der Waals surface area contributed by atoms with Gasteiger partial charge in [0.1, 0.15) is 12.6 Å². The van der Waals surface area contributed by atoms with Crippen molar-refractivity contribution in [2.45, 2.75) is 18.9 Å². The Kier molecular flexibility index (Phi) is 8.62. The average Bonchev–Trinajstić information content (AvgIpc) is 2.47. The van der Waals surface area contributed by atoms with E-state index in [-0.39, 0.29) is 6.61 Å². The van der Waals surface area contributed by atoms with Crippen LogP contribution in [0.15, 0.2) is 30.3 Å². The van der Waals surface area contributed by atoms with Crippen LogP contribution in [-0.2, 0) is 25.4 Å². The second-order valence-electron chi connectivity index (χ2n) is 4.42. The number of methoxy groups -OCH3 is 1. The van der Waals surface area contributed by atoms with Crippen LogP contribution in [0.4, 0.5) is 0 Å². The largest absolute Gasteiger partial charge is 0.462 e. The molecule has 1 atom stereocenters. The van der Waals surface area contributed by atoms with E-state index in [2.05, 4.69) is 0 Å². The van der Waals surface area contributed by atoms with E-state index in [0.29, 0.717) is 26.2 Å². The highest BCUT2D eigenvalue weighted by Gasteiger charge is 2.15. The van der Waals surface area contributed by atoms with Crippen molar-refractivity contribution in [3.05, 3.63) is 35.9 Å². The first-order chi connectivity index (χ1) is 9.74. The van der Waals surface area contributed by atoms with E-state index in [0.717, 1.165) is 12.0 Å². The van der Waals surface area contributed by atoms with Gasteiger partial charge in [-0.3, -0.25) is 4.79 Å². The lowest BCUT2D eigenvalue weighted by Crippen LogP contribution is -2.35. The Hall–Kier alpha value is -1.43. The number of carbonyl (C=O) groups excluding carboxylic acids is 1. The molecular formula is C15H23NO4. The molecule has 0 spiro atoms. The van der Waals surface area contributed by atoms with Crippen molar-refractivity contribution in [1.29, 1.82) is 0 Å². The van der Waals surface area contributed by atoms with E-state index in [1.807, 2.05) is 30.3 Å². The lowest BCUT2D eigenvalue weighted by atomic mass is 10.1. The molecule has 1 rings (SSSR count). The molecule has 2 N–H and O–H groups in total. The molecule has 0 amide bonds. The Bertz CT molecular complexity index is 369. The van der Waals surface area contributed by atoms with Crippen LogP contribution in [0.2, 0.25) is 0 Å². The van der Waals surface area contributed by atoms with Crippen molar-refractivity contribution < 1.29 is 19.0 Å². The summed E-state index contributed by atoms with van der Waals surface area (Å²) in [7, 11) is 1.65. The number of hydrogen-bond acceptors (Lipinski definition) is 5. The highest BCUT2D eigenvalue weighted by atomic mass is 16.6. The molecule has 0 aliphatic heterocycles. The van der Waals surface area contributed by atoms with Gasteiger partial charge in [-0.1, -0.05) is 30.3 Å². The lowest BCUT2D eigenvalue weighted by molar-refractivity contribution is -0.146. The molecular weight excluding hydrogens is 258 g/mol. The Morgan fingerprint density at radius 2 is 1.90 bits per heavy atom. The first kappa shape index (κ1) is 16.6. The second-order valence-corrected chi connectivity index (χ2v) is 4.42. The number of ether oxygens (including phenoxy) is 3. The van der Waals surface area contributed by atoms with Gasteiger partial charge in [0, 0.05) is 20.3 Å². The normalized spacial score (nSPS) is 12.1. The van der Waals surface area contributed by atoms with Gasteiger partial charge in [-0.15, -0.1) is 0 Å². The van der Waals surface area contributed by atoms with E-state index >= 15 is 0 Å². The summed E-state index contributed by atoms with van der Waals surface area (Å²) in [5.74, 6) is -0.394. The van der Waals surface area contributed by atoms with Gasteiger partial charge in [-0.25, -0.2) is 0 Å². The molecule has 1 aromatic carbocycles. The number of carbonyl (C=O) groups is 1. The zero-order chi connectivity index (χ0) is 14.6. The molecule has 5 nitrogen and oxygen atoms in total. The molecule has 1 unspecified atom stereocenters. The van der Waals surface area contributed by atoms with Crippen LogP contribution >= 0.6 is 0 Å². The van der Waals surface area contributed by atoms with Gasteiger partial charge in [-0.05, 0) is 18.4 Å². The highest BCUT2D eigenvalue weighted by molar-refractivity contribution is 5.75. The zero-order valence-corrected chi connectivity index (χ0v) is 11.9. The standard InChI is InChI=1S/C15H23NO4/c1-18-8-5-9-19-10-11-20-15(17)14(16)12-13-6-3-2-4-7-13/h2-4,6-7,14H,5,8-12,16H2,1H3. The summed E-state index contributed by atoms with van der Waals surface area (Å²) in [6, 6.07) is 9.00. The summed E-state index contributed by atoms with van der Waals surface area (Å²) in [6.07, 6.45) is 1.31. The molecule has 20 heavy (non-hydrogen) atoms. The van der Waals surface area contributed by atoms with Crippen molar-refractivity contribution in [3.8, 4) is 0 Å². The minimum atomic E-state index is -0.633. The van der Waals surface area contributed by atoms with Crippen molar-refractivity contribution >= 4 is 5.97 Å².